The summed E-state index contributed by atoms with van der Waals surface area (Å²) in [4.78, 5) is 2.58. The zero-order chi connectivity index (χ0) is 14.4. The molecule has 1 aromatic carbocycles. The van der Waals surface area contributed by atoms with Crippen LogP contribution in [0, 0.1) is 5.92 Å². The monoisotopic (exact) mass is 274 g/mol. The maximum atomic E-state index is 3.47. The van der Waals surface area contributed by atoms with E-state index in [-0.39, 0.29) is 0 Å². The van der Waals surface area contributed by atoms with Crippen molar-refractivity contribution >= 4 is 0 Å². The topological polar surface area (TPSA) is 15.3 Å². The van der Waals surface area contributed by atoms with Crippen LogP contribution in [0.25, 0.3) is 0 Å². The van der Waals surface area contributed by atoms with Gasteiger partial charge in [0.1, 0.15) is 0 Å². The van der Waals surface area contributed by atoms with Crippen molar-refractivity contribution in [1.29, 1.82) is 0 Å². The van der Waals surface area contributed by atoms with Crippen LogP contribution in [0.5, 0.6) is 0 Å². The second kappa shape index (κ2) is 7.80. The molecule has 0 spiro atoms. The minimum absolute atomic E-state index is 0.579. The van der Waals surface area contributed by atoms with E-state index in [1.807, 2.05) is 0 Å². The lowest BCUT2D eigenvalue weighted by molar-refractivity contribution is 0.268. The lowest BCUT2D eigenvalue weighted by atomic mass is 10.1. The number of nitrogens with one attached hydrogen (secondary N) is 1. The second-order valence-electron chi connectivity index (χ2n) is 6.45. The van der Waals surface area contributed by atoms with E-state index >= 15 is 0 Å². The number of hydrogen-bond donors (Lipinski definition) is 1. The first-order chi connectivity index (χ1) is 9.67. The van der Waals surface area contributed by atoms with E-state index in [4.69, 9.17) is 0 Å². The van der Waals surface area contributed by atoms with E-state index in [0.717, 1.165) is 32.0 Å². The van der Waals surface area contributed by atoms with E-state index in [9.17, 15) is 0 Å². The second-order valence-corrected chi connectivity index (χ2v) is 6.45. The third kappa shape index (κ3) is 5.64. The van der Waals surface area contributed by atoms with Gasteiger partial charge in [-0.3, -0.25) is 4.90 Å². The third-order valence-electron chi connectivity index (χ3n) is 4.06. The SMILES string of the molecule is CCN(Cc1ccc(CCNC(C)C)cc1)CC1CC1. The average Bonchev–Trinajstić information content (AvgIpc) is 3.23. The van der Waals surface area contributed by atoms with Crippen LogP contribution >= 0.6 is 0 Å². The Balaban J connectivity index is 1.77. The summed E-state index contributed by atoms with van der Waals surface area (Å²) in [5, 5.41) is 3.47. The van der Waals surface area contributed by atoms with E-state index in [1.54, 1.807) is 0 Å². The molecule has 2 heteroatoms. The van der Waals surface area contributed by atoms with Gasteiger partial charge < -0.3 is 5.32 Å². The Bertz CT molecular complexity index is 379. The van der Waals surface area contributed by atoms with Crippen LogP contribution in [0.2, 0.25) is 0 Å². The number of hydrogen-bond acceptors (Lipinski definition) is 2. The summed E-state index contributed by atoms with van der Waals surface area (Å²) in [7, 11) is 0. The highest BCUT2D eigenvalue weighted by molar-refractivity contribution is 5.22. The van der Waals surface area contributed by atoms with Crippen molar-refractivity contribution in [1.82, 2.24) is 10.2 Å². The van der Waals surface area contributed by atoms with Crippen LogP contribution in [-0.4, -0.2) is 30.6 Å². The Morgan fingerprint density at radius 1 is 1.15 bits per heavy atom. The maximum absolute atomic E-state index is 3.47. The molecule has 0 bridgehead atoms. The van der Waals surface area contributed by atoms with Crippen LogP contribution in [0.4, 0.5) is 0 Å². The fraction of sp³-hybridized carbons (Fsp3) is 0.667. The molecule has 0 amide bonds. The largest absolute Gasteiger partial charge is 0.314 e. The molecule has 112 valence electrons. The average molecular weight is 274 g/mol. The molecule has 0 atom stereocenters. The fourth-order valence-corrected chi connectivity index (χ4v) is 2.55. The van der Waals surface area contributed by atoms with E-state index in [0.29, 0.717) is 6.04 Å². The number of rotatable bonds is 9. The molecule has 2 nitrogen and oxygen atoms in total. The highest BCUT2D eigenvalue weighted by atomic mass is 15.1. The highest BCUT2D eigenvalue weighted by Gasteiger charge is 2.23. The summed E-state index contributed by atoms with van der Waals surface area (Å²) in [6.07, 6.45) is 4.01. The zero-order valence-corrected chi connectivity index (χ0v) is 13.4. The Hall–Kier alpha value is -0.860. The van der Waals surface area contributed by atoms with Crippen LogP contribution in [0.15, 0.2) is 24.3 Å². The van der Waals surface area contributed by atoms with Gasteiger partial charge in [0.05, 0.1) is 0 Å². The molecule has 0 radical (unpaired) electrons. The molecule has 1 N–H and O–H groups in total. The number of benzene rings is 1. The van der Waals surface area contributed by atoms with Crippen molar-refractivity contribution in [3.8, 4) is 0 Å². The van der Waals surface area contributed by atoms with Crippen molar-refractivity contribution in [2.24, 2.45) is 5.92 Å². The summed E-state index contributed by atoms with van der Waals surface area (Å²) in [6.45, 7) is 11.3. The van der Waals surface area contributed by atoms with Crippen molar-refractivity contribution in [2.45, 2.75) is 52.6 Å². The van der Waals surface area contributed by atoms with Gasteiger partial charge in [0.25, 0.3) is 0 Å². The van der Waals surface area contributed by atoms with Crippen molar-refractivity contribution < 1.29 is 0 Å². The lowest BCUT2D eigenvalue weighted by Crippen LogP contribution is -2.25. The van der Waals surface area contributed by atoms with E-state index in [2.05, 4.69) is 55.3 Å². The van der Waals surface area contributed by atoms with Crippen LogP contribution < -0.4 is 5.32 Å². The molecule has 0 heterocycles. The van der Waals surface area contributed by atoms with Gasteiger partial charge in [0, 0.05) is 19.1 Å². The predicted octanol–water partition coefficient (Wildman–Crippen LogP) is 3.46. The molecule has 1 aromatic rings. The molecular weight excluding hydrogens is 244 g/mol. The molecule has 1 aliphatic carbocycles. The molecule has 2 rings (SSSR count). The summed E-state index contributed by atoms with van der Waals surface area (Å²) in [6, 6.07) is 9.78. The van der Waals surface area contributed by atoms with E-state index in [1.165, 1.54) is 30.5 Å². The van der Waals surface area contributed by atoms with Gasteiger partial charge in [-0.25, -0.2) is 0 Å². The van der Waals surface area contributed by atoms with Gasteiger partial charge in [-0.2, -0.15) is 0 Å². The zero-order valence-electron chi connectivity index (χ0n) is 13.4. The quantitative estimate of drug-likeness (QED) is 0.742. The summed E-state index contributed by atoms with van der Waals surface area (Å²) >= 11 is 0. The van der Waals surface area contributed by atoms with Gasteiger partial charge >= 0.3 is 0 Å². The molecule has 0 saturated heterocycles. The van der Waals surface area contributed by atoms with Gasteiger partial charge in [-0.15, -0.1) is 0 Å². The lowest BCUT2D eigenvalue weighted by Gasteiger charge is -2.20. The van der Waals surface area contributed by atoms with Gasteiger partial charge in [-0.1, -0.05) is 45.0 Å². The molecule has 1 saturated carbocycles. The van der Waals surface area contributed by atoms with Crippen molar-refractivity contribution in [3.63, 3.8) is 0 Å². The third-order valence-corrected chi connectivity index (χ3v) is 4.06. The minimum Gasteiger partial charge on any atom is -0.314 e. The molecule has 0 aliphatic heterocycles. The smallest absolute Gasteiger partial charge is 0.0233 e. The predicted molar refractivity (Wildman–Crippen MR) is 87.0 cm³/mol. The van der Waals surface area contributed by atoms with Gasteiger partial charge in [-0.05, 0) is 49.4 Å². The molecule has 20 heavy (non-hydrogen) atoms. The van der Waals surface area contributed by atoms with Crippen LogP contribution in [0.3, 0.4) is 0 Å². The molecule has 0 unspecified atom stereocenters. The molecule has 1 aliphatic rings. The van der Waals surface area contributed by atoms with Gasteiger partial charge in [0.15, 0.2) is 0 Å². The first-order valence-corrected chi connectivity index (χ1v) is 8.21. The van der Waals surface area contributed by atoms with Gasteiger partial charge in [0.2, 0.25) is 0 Å². The van der Waals surface area contributed by atoms with Crippen molar-refractivity contribution in [3.05, 3.63) is 35.4 Å². The molecular formula is C18H30N2. The highest BCUT2D eigenvalue weighted by Crippen LogP contribution is 2.30. The molecule has 0 aromatic heterocycles. The molecule has 1 fully saturated rings. The van der Waals surface area contributed by atoms with E-state index < -0.39 is 0 Å². The summed E-state index contributed by atoms with van der Waals surface area (Å²) < 4.78 is 0. The Morgan fingerprint density at radius 3 is 2.35 bits per heavy atom. The normalized spacial score (nSPS) is 15.2. The fourth-order valence-electron chi connectivity index (χ4n) is 2.55. The van der Waals surface area contributed by atoms with Crippen LogP contribution in [-0.2, 0) is 13.0 Å². The first-order valence-electron chi connectivity index (χ1n) is 8.21. The number of nitrogens with zero attached hydrogens (tertiary/aromatic N) is 1. The Morgan fingerprint density at radius 2 is 1.80 bits per heavy atom. The van der Waals surface area contributed by atoms with Crippen molar-refractivity contribution in [2.75, 3.05) is 19.6 Å². The Labute approximate surface area is 124 Å². The summed E-state index contributed by atoms with van der Waals surface area (Å²) in [5.41, 5.74) is 2.89. The minimum atomic E-state index is 0.579. The Kier molecular flexibility index (Phi) is 6.06. The van der Waals surface area contributed by atoms with Crippen LogP contribution in [0.1, 0.15) is 44.7 Å². The first kappa shape index (κ1) is 15.5. The standard InChI is InChI=1S/C18H30N2/c1-4-20(14-18-9-10-18)13-17-7-5-16(6-8-17)11-12-19-15(2)3/h5-8,15,18-19H,4,9-14H2,1-3H3. The summed E-state index contributed by atoms with van der Waals surface area (Å²) in [5.74, 6) is 0.983. The maximum Gasteiger partial charge on any atom is 0.0233 e.